The number of aryl methyl sites for hydroxylation is 1. The van der Waals surface area contributed by atoms with E-state index in [9.17, 15) is 4.79 Å². The zero-order valence-electron chi connectivity index (χ0n) is 15.4. The van der Waals surface area contributed by atoms with Gasteiger partial charge in [0.05, 0.1) is 7.11 Å². The number of nitrogens with zero attached hydrogens (tertiary/aromatic N) is 3. The lowest BCUT2D eigenvalue weighted by atomic mass is 10.1. The van der Waals surface area contributed by atoms with Gasteiger partial charge in [-0.3, -0.25) is 4.79 Å². The molecule has 1 atom stereocenters. The first-order valence-corrected chi connectivity index (χ1v) is 9.06. The van der Waals surface area contributed by atoms with Crippen LogP contribution >= 0.6 is 0 Å². The number of para-hydroxylation sites is 1. The van der Waals surface area contributed by atoms with E-state index in [1.54, 1.807) is 7.11 Å². The molecule has 0 saturated carbocycles. The first kappa shape index (κ1) is 17.3. The Labute approximate surface area is 157 Å². The molecule has 4 rings (SSSR count). The second-order valence-electron chi connectivity index (χ2n) is 6.58. The first-order valence-electron chi connectivity index (χ1n) is 9.06. The van der Waals surface area contributed by atoms with E-state index in [0.29, 0.717) is 24.7 Å². The molecule has 3 aromatic rings. The molecule has 27 heavy (non-hydrogen) atoms. The summed E-state index contributed by atoms with van der Waals surface area (Å²) in [6.45, 7) is 2.66. The van der Waals surface area contributed by atoms with Crippen molar-refractivity contribution in [2.45, 2.75) is 25.7 Å². The Balaban J connectivity index is 1.57. The van der Waals surface area contributed by atoms with Crippen LogP contribution in [0.3, 0.4) is 0 Å². The summed E-state index contributed by atoms with van der Waals surface area (Å²) in [4.78, 5) is 19.0. The van der Waals surface area contributed by atoms with Crippen LogP contribution in [0, 0.1) is 0 Å². The van der Waals surface area contributed by atoms with Gasteiger partial charge in [0.15, 0.2) is 5.82 Å². The van der Waals surface area contributed by atoms with Crippen LogP contribution in [0.4, 0.5) is 5.69 Å². The van der Waals surface area contributed by atoms with Crippen LogP contribution in [0.1, 0.15) is 30.7 Å². The van der Waals surface area contributed by atoms with Crippen molar-refractivity contribution in [3.8, 4) is 17.2 Å². The number of amides is 1. The predicted octanol–water partition coefficient (Wildman–Crippen LogP) is 3.83. The van der Waals surface area contributed by atoms with E-state index < -0.39 is 0 Å². The van der Waals surface area contributed by atoms with Crippen LogP contribution in [0.25, 0.3) is 11.5 Å². The maximum atomic E-state index is 12.6. The standard InChI is InChI=1S/C21H21N3O3/c1-3-14-7-4-5-10-18(14)24-13-16(12-19(24)25)20-22-21(27-23-20)15-8-6-9-17(11-15)26-2/h4-11,16H,3,12-13H2,1-2H3. The molecule has 2 heterocycles. The lowest BCUT2D eigenvalue weighted by molar-refractivity contribution is -0.117. The summed E-state index contributed by atoms with van der Waals surface area (Å²) in [7, 11) is 1.62. The highest BCUT2D eigenvalue weighted by Crippen LogP contribution is 2.33. The van der Waals surface area contributed by atoms with Gasteiger partial charge in [0.2, 0.25) is 5.91 Å². The number of methoxy groups -OCH3 is 1. The number of aromatic nitrogens is 2. The maximum absolute atomic E-state index is 12.6. The van der Waals surface area contributed by atoms with Crippen molar-refractivity contribution in [3.05, 3.63) is 59.9 Å². The fourth-order valence-electron chi connectivity index (χ4n) is 3.46. The predicted molar refractivity (Wildman–Crippen MR) is 102 cm³/mol. The van der Waals surface area contributed by atoms with Gasteiger partial charge in [-0.1, -0.05) is 36.3 Å². The number of hydrogen-bond acceptors (Lipinski definition) is 5. The molecule has 6 nitrogen and oxygen atoms in total. The van der Waals surface area contributed by atoms with E-state index in [1.807, 2.05) is 47.4 Å². The molecular weight excluding hydrogens is 342 g/mol. The van der Waals surface area contributed by atoms with Gasteiger partial charge in [-0.25, -0.2) is 0 Å². The molecule has 1 saturated heterocycles. The first-order chi connectivity index (χ1) is 13.2. The van der Waals surface area contributed by atoms with Crippen LogP contribution in [-0.4, -0.2) is 29.7 Å². The molecule has 0 aliphatic carbocycles. The van der Waals surface area contributed by atoms with E-state index in [2.05, 4.69) is 23.1 Å². The summed E-state index contributed by atoms with van der Waals surface area (Å²) < 4.78 is 10.7. The fourth-order valence-corrected chi connectivity index (χ4v) is 3.46. The molecule has 1 fully saturated rings. The average molecular weight is 363 g/mol. The zero-order valence-corrected chi connectivity index (χ0v) is 15.4. The lowest BCUT2D eigenvalue weighted by Gasteiger charge is -2.19. The van der Waals surface area contributed by atoms with Gasteiger partial charge < -0.3 is 14.2 Å². The summed E-state index contributed by atoms with van der Waals surface area (Å²) in [5, 5.41) is 4.13. The molecule has 6 heteroatoms. The number of carbonyl (C=O) groups excluding carboxylic acids is 1. The van der Waals surface area contributed by atoms with Gasteiger partial charge in [0.25, 0.3) is 5.89 Å². The van der Waals surface area contributed by atoms with Gasteiger partial charge in [0.1, 0.15) is 5.75 Å². The topological polar surface area (TPSA) is 68.5 Å². The summed E-state index contributed by atoms with van der Waals surface area (Å²) in [5.41, 5.74) is 2.94. The lowest BCUT2D eigenvalue weighted by Crippen LogP contribution is -2.25. The van der Waals surface area contributed by atoms with Crippen molar-refractivity contribution in [1.29, 1.82) is 0 Å². The fraction of sp³-hybridized carbons (Fsp3) is 0.286. The number of ether oxygens (including phenoxy) is 1. The minimum Gasteiger partial charge on any atom is -0.497 e. The van der Waals surface area contributed by atoms with E-state index in [0.717, 1.165) is 29.0 Å². The van der Waals surface area contributed by atoms with E-state index in [4.69, 9.17) is 9.26 Å². The Hall–Kier alpha value is -3.15. The van der Waals surface area contributed by atoms with E-state index in [1.165, 1.54) is 0 Å². The van der Waals surface area contributed by atoms with Crippen LogP contribution in [0.5, 0.6) is 5.75 Å². The van der Waals surface area contributed by atoms with E-state index >= 15 is 0 Å². The number of hydrogen-bond donors (Lipinski definition) is 0. The second kappa shape index (κ2) is 7.23. The summed E-state index contributed by atoms with van der Waals surface area (Å²) >= 11 is 0. The highest BCUT2D eigenvalue weighted by atomic mass is 16.5. The van der Waals surface area contributed by atoms with Crippen molar-refractivity contribution in [2.24, 2.45) is 0 Å². The highest BCUT2D eigenvalue weighted by Gasteiger charge is 2.35. The smallest absolute Gasteiger partial charge is 0.258 e. The second-order valence-corrected chi connectivity index (χ2v) is 6.58. The van der Waals surface area contributed by atoms with Crippen LogP contribution in [-0.2, 0) is 11.2 Å². The molecule has 1 aliphatic heterocycles. The maximum Gasteiger partial charge on any atom is 0.258 e. The third kappa shape index (κ3) is 3.30. The molecule has 0 spiro atoms. The molecule has 1 amide bonds. The third-order valence-corrected chi connectivity index (χ3v) is 4.91. The zero-order chi connectivity index (χ0) is 18.8. The minimum atomic E-state index is -0.0782. The molecule has 2 aromatic carbocycles. The van der Waals surface area contributed by atoms with Crippen molar-refractivity contribution in [3.63, 3.8) is 0 Å². The molecular formula is C21H21N3O3. The summed E-state index contributed by atoms with van der Waals surface area (Å²) in [6.07, 6.45) is 1.27. The Kier molecular flexibility index (Phi) is 4.62. The molecule has 0 bridgehead atoms. The minimum absolute atomic E-state index is 0.0782. The molecule has 1 aromatic heterocycles. The Bertz CT molecular complexity index is 967. The monoisotopic (exact) mass is 363 g/mol. The molecule has 0 N–H and O–H groups in total. The Morgan fingerprint density at radius 2 is 2.07 bits per heavy atom. The molecule has 1 unspecified atom stereocenters. The quantitative estimate of drug-likeness (QED) is 0.689. The third-order valence-electron chi connectivity index (χ3n) is 4.91. The largest absolute Gasteiger partial charge is 0.497 e. The van der Waals surface area contributed by atoms with Gasteiger partial charge in [-0.2, -0.15) is 4.98 Å². The van der Waals surface area contributed by atoms with E-state index in [-0.39, 0.29) is 11.8 Å². The van der Waals surface area contributed by atoms with Gasteiger partial charge in [0, 0.05) is 30.1 Å². The van der Waals surface area contributed by atoms with Crippen LogP contribution in [0.15, 0.2) is 53.1 Å². The van der Waals surface area contributed by atoms with Gasteiger partial charge >= 0.3 is 0 Å². The average Bonchev–Trinajstić information content (AvgIpc) is 3.35. The Morgan fingerprint density at radius 1 is 1.22 bits per heavy atom. The van der Waals surface area contributed by atoms with Crippen LogP contribution in [0.2, 0.25) is 0 Å². The van der Waals surface area contributed by atoms with Crippen molar-refractivity contribution >= 4 is 11.6 Å². The van der Waals surface area contributed by atoms with Crippen molar-refractivity contribution in [1.82, 2.24) is 10.1 Å². The van der Waals surface area contributed by atoms with Crippen LogP contribution < -0.4 is 9.64 Å². The van der Waals surface area contributed by atoms with Gasteiger partial charge in [-0.05, 0) is 36.2 Å². The van der Waals surface area contributed by atoms with Crippen molar-refractivity contribution < 1.29 is 14.1 Å². The van der Waals surface area contributed by atoms with Gasteiger partial charge in [-0.15, -0.1) is 0 Å². The number of carbonyl (C=O) groups is 1. The summed E-state index contributed by atoms with van der Waals surface area (Å²) in [6, 6.07) is 15.5. The number of rotatable bonds is 5. The SMILES string of the molecule is CCc1ccccc1N1CC(c2noc(-c3cccc(OC)c3)n2)CC1=O. The Morgan fingerprint density at radius 3 is 2.89 bits per heavy atom. The number of anilines is 1. The normalized spacial score (nSPS) is 16.7. The summed E-state index contributed by atoms with van der Waals surface area (Å²) in [5.74, 6) is 1.74. The highest BCUT2D eigenvalue weighted by molar-refractivity contribution is 5.97. The molecule has 1 aliphatic rings. The molecule has 138 valence electrons. The molecule has 0 radical (unpaired) electrons. The number of benzene rings is 2. The van der Waals surface area contributed by atoms with Crippen molar-refractivity contribution in [2.75, 3.05) is 18.6 Å².